The Kier molecular flexibility index (Phi) is 4.00. The average molecular weight is 249 g/mol. The number of carbonyl (C=O) groups excluding carboxylic acids is 2. The van der Waals surface area contributed by atoms with Crippen LogP contribution in [-0.4, -0.2) is 57.6 Å². The molecule has 2 N–H and O–H groups in total. The molecule has 0 saturated carbocycles. The third-order valence-corrected chi connectivity index (χ3v) is 3.82. The molecule has 0 spiro atoms. The van der Waals surface area contributed by atoms with Crippen LogP contribution in [0.2, 0.25) is 0 Å². The van der Waals surface area contributed by atoms with Crippen LogP contribution in [0, 0.1) is 0 Å². The Bertz CT molecular complexity index is 392. The van der Waals surface area contributed by atoms with Gasteiger partial charge in [0.05, 0.1) is 18.2 Å². The molecule has 1 aliphatic heterocycles. The SMILES string of the molecule is CNS(=O)(=O)CCNC1CC(=O)N(C)C1=O. The number of sulfonamides is 1. The Balaban J connectivity index is 2.41. The maximum absolute atomic E-state index is 11.4. The Morgan fingerprint density at radius 3 is 2.50 bits per heavy atom. The Hall–Kier alpha value is -0.990. The van der Waals surface area contributed by atoms with Gasteiger partial charge in [-0.15, -0.1) is 0 Å². The molecule has 0 aromatic rings. The van der Waals surface area contributed by atoms with Gasteiger partial charge in [0.2, 0.25) is 21.8 Å². The van der Waals surface area contributed by atoms with Crippen LogP contribution in [0.25, 0.3) is 0 Å². The molecular weight excluding hydrogens is 234 g/mol. The zero-order valence-electron chi connectivity index (χ0n) is 9.19. The van der Waals surface area contributed by atoms with Crippen molar-refractivity contribution in [3.63, 3.8) is 0 Å². The summed E-state index contributed by atoms with van der Waals surface area (Å²) in [6, 6.07) is -0.593. The highest BCUT2D eigenvalue weighted by Gasteiger charge is 2.35. The number of likely N-dealkylation sites (tertiary alicyclic amines) is 1. The van der Waals surface area contributed by atoms with E-state index in [1.807, 2.05) is 0 Å². The molecule has 0 aliphatic carbocycles. The van der Waals surface area contributed by atoms with Gasteiger partial charge in [0, 0.05) is 13.6 Å². The molecule has 0 aromatic heterocycles. The predicted molar refractivity (Wildman–Crippen MR) is 57.0 cm³/mol. The fourth-order valence-corrected chi connectivity index (χ4v) is 1.98. The second kappa shape index (κ2) is 4.89. The summed E-state index contributed by atoms with van der Waals surface area (Å²) in [4.78, 5) is 23.6. The summed E-state index contributed by atoms with van der Waals surface area (Å²) in [6.07, 6.45) is 0.0922. The van der Waals surface area contributed by atoms with Gasteiger partial charge < -0.3 is 5.32 Å². The van der Waals surface area contributed by atoms with E-state index in [1.165, 1.54) is 14.1 Å². The maximum Gasteiger partial charge on any atom is 0.246 e. The van der Waals surface area contributed by atoms with Crippen LogP contribution in [-0.2, 0) is 19.6 Å². The van der Waals surface area contributed by atoms with Gasteiger partial charge in [-0.25, -0.2) is 13.1 Å². The summed E-state index contributed by atoms with van der Waals surface area (Å²) < 4.78 is 24.3. The Morgan fingerprint density at radius 1 is 1.44 bits per heavy atom. The molecule has 1 heterocycles. The smallest absolute Gasteiger partial charge is 0.246 e. The minimum Gasteiger partial charge on any atom is -0.304 e. The van der Waals surface area contributed by atoms with Crippen molar-refractivity contribution in [2.45, 2.75) is 12.5 Å². The molecule has 16 heavy (non-hydrogen) atoms. The number of rotatable bonds is 5. The molecule has 1 unspecified atom stereocenters. The van der Waals surface area contributed by atoms with Crippen molar-refractivity contribution in [3.8, 4) is 0 Å². The second-order valence-corrected chi connectivity index (χ2v) is 5.57. The van der Waals surface area contributed by atoms with Crippen molar-refractivity contribution in [2.75, 3.05) is 26.4 Å². The van der Waals surface area contributed by atoms with Crippen molar-refractivity contribution < 1.29 is 18.0 Å². The van der Waals surface area contributed by atoms with E-state index >= 15 is 0 Å². The summed E-state index contributed by atoms with van der Waals surface area (Å²) in [6.45, 7) is 0.140. The lowest BCUT2D eigenvalue weighted by Crippen LogP contribution is -2.40. The number of carbonyl (C=O) groups is 2. The molecule has 0 aromatic carbocycles. The molecule has 2 amide bonds. The number of nitrogens with zero attached hydrogens (tertiary/aromatic N) is 1. The lowest BCUT2D eigenvalue weighted by molar-refractivity contribution is -0.137. The van der Waals surface area contributed by atoms with Crippen LogP contribution < -0.4 is 10.0 Å². The molecule has 1 rings (SSSR count). The van der Waals surface area contributed by atoms with E-state index in [9.17, 15) is 18.0 Å². The van der Waals surface area contributed by atoms with Crippen LogP contribution >= 0.6 is 0 Å². The Morgan fingerprint density at radius 2 is 2.06 bits per heavy atom. The van der Waals surface area contributed by atoms with E-state index in [4.69, 9.17) is 0 Å². The van der Waals surface area contributed by atoms with Crippen LogP contribution in [0.4, 0.5) is 0 Å². The van der Waals surface area contributed by atoms with E-state index in [2.05, 4.69) is 10.0 Å². The van der Waals surface area contributed by atoms with Crippen LogP contribution in [0.1, 0.15) is 6.42 Å². The summed E-state index contributed by atoms with van der Waals surface area (Å²) >= 11 is 0. The maximum atomic E-state index is 11.4. The molecule has 92 valence electrons. The highest BCUT2D eigenvalue weighted by molar-refractivity contribution is 7.89. The van der Waals surface area contributed by atoms with Gasteiger partial charge in [0.1, 0.15) is 0 Å². The van der Waals surface area contributed by atoms with Gasteiger partial charge >= 0.3 is 0 Å². The van der Waals surface area contributed by atoms with E-state index in [-0.39, 0.29) is 30.5 Å². The topological polar surface area (TPSA) is 95.6 Å². The average Bonchev–Trinajstić information content (AvgIpc) is 2.46. The van der Waals surface area contributed by atoms with Crippen molar-refractivity contribution in [1.29, 1.82) is 0 Å². The number of imide groups is 1. The van der Waals surface area contributed by atoms with Gasteiger partial charge in [0.25, 0.3) is 0 Å². The number of hydrogen-bond donors (Lipinski definition) is 2. The van der Waals surface area contributed by atoms with E-state index in [0.29, 0.717) is 0 Å². The lowest BCUT2D eigenvalue weighted by atomic mass is 10.2. The summed E-state index contributed by atoms with van der Waals surface area (Å²) in [5, 5.41) is 2.75. The van der Waals surface area contributed by atoms with Gasteiger partial charge in [-0.05, 0) is 7.05 Å². The summed E-state index contributed by atoms with van der Waals surface area (Å²) in [5.41, 5.74) is 0. The molecule has 1 fully saturated rings. The minimum absolute atomic E-state index is 0.0922. The molecule has 1 saturated heterocycles. The largest absolute Gasteiger partial charge is 0.304 e. The standard InChI is InChI=1S/C8H15N3O4S/c1-9-16(14,15)4-3-10-6-5-7(12)11(2)8(6)13/h6,9-10H,3-5H2,1-2H3. The number of amides is 2. The van der Waals surface area contributed by atoms with Gasteiger partial charge in [-0.3, -0.25) is 14.5 Å². The third kappa shape index (κ3) is 3.00. The van der Waals surface area contributed by atoms with Gasteiger partial charge in [-0.2, -0.15) is 0 Å². The molecule has 0 radical (unpaired) electrons. The van der Waals surface area contributed by atoms with Gasteiger partial charge in [0.15, 0.2) is 0 Å². The highest BCUT2D eigenvalue weighted by atomic mass is 32.2. The first-order chi connectivity index (χ1) is 7.37. The molecule has 1 aliphatic rings. The first-order valence-corrected chi connectivity index (χ1v) is 6.47. The summed E-state index contributed by atoms with van der Waals surface area (Å²) in [7, 11) is -0.538. The second-order valence-electron chi connectivity index (χ2n) is 3.52. The lowest BCUT2D eigenvalue weighted by Gasteiger charge is -2.10. The van der Waals surface area contributed by atoms with Crippen molar-refractivity contribution in [1.82, 2.24) is 14.9 Å². The zero-order chi connectivity index (χ0) is 12.3. The highest BCUT2D eigenvalue weighted by Crippen LogP contribution is 2.09. The van der Waals surface area contributed by atoms with Crippen molar-refractivity contribution in [3.05, 3.63) is 0 Å². The number of nitrogens with one attached hydrogen (secondary N) is 2. The first kappa shape index (κ1) is 13.1. The summed E-state index contributed by atoms with van der Waals surface area (Å²) in [5.74, 6) is -0.684. The molecule has 1 atom stereocenters. The van der Waals surface area contributed by atoms with Crippen molar-refractivity contribution >= 4 is 21.8 Å². The number of likely N-dealkylation sites (N-methyl/N-ethyl adjacent to an activating group) is 1. The minimum atomic E-state index is -3.28. The van der Waals surface area contributed by atoms with E-state index in [0.717, 1.165) is 4.90 Å². The predicted octanol–water partition coefficient (Wildman–Crippen LogP) is -2.12. The number of hydrogen-bond acceptors (Lipinski definition) is 5. The molecule has 7 nitrogen and oxygen atoms in total. The monoisotopic (exact) mass is 249 g/mol. The fourth-order valence-electron chi connectivity index (χ4n) is 1.38. The van der Waals surface area contributed by atoms with Crippen LogP contribution in [0.5, 0.6) is 0 Å². The van der Waals surface area contributed by atoms with Crippen molar-refractivity contribution in [2.24, 2.45) is 0 Å². The van der Waals surface area contributed by atoms with Gasteiger partial charge in [-0.1, -0.05) is 0 Å². The first-order valence-electron chi connectivity index (χ1n) is 4.82. The Labute approximate surface area is 94.2 Å². The van der Waals surface area contributed by atoms with Crippen LogP contribution in [0.15, 0.2) is 0 Å². The fraction of sp³-hybridized carbons (Fsp3) is 0.750. The van der Waals surface area contributed by atoms with E-state index in [1.54, 1.807) is 0 Å². The quantitative estimate of drug-likeness (QED) is 0.543. The normalized spacial score (nSPS) is 21.9. The molecular formula is C8H15N3O4S. The van der Waals surface area contributed by atoms with E-state index < -0.39 is 16.1 Å². The van der Waals surface area contributed by atoms with Crippen LogP contribution in [0.3, 0.4) is 0 Å². The zero-order valence-corrected chi connectivity index (χ0v) is 10.0. The molecule has 0 bridgehead atoms. The molecule has 8 heteroatoms. The third-order valence-electron chi connectivity index (χ3n) is 2.45.